The average Bonchev–Trinajstić information content (AvgIpc) is 3.24. The third kappa shape index (κ3) is 6.80. The second-order valence-electron chi connectivity index (χ2n) is 7.65. The fourth-order valence-electron chi connectivity index (χ4n) is 3.47. The van der Waals surface area contributed by atoms with Crippen LogP contribution >= 0.6 is 0 Å². The molecule has 31 heavy (non-hydrogen) atoms. The van der Waals surface area contributed by atoms with Crippen LogP contribution in [0.1, 0.15) is 42.4 Å². The number of nitrogens with one attached hydrogen (secondary N) is 1. The Morgan fingerprint density at radius 3 is 2.26 bits per heavy atom. The Kier molecular flexibility index (Phi) is 7.38. The summed E-state index contributed by atoms with van der Waals surface area (Å²) >= 11 is 0. The zero-order chi connectivity index (χ0) is 22.5. The number of rotatable bonds is 7. The molecule has 4 N–H and O–H groups in total. The predicted molar refractivity (Wildman–Crippen MR) is 120 cm³/mol. The lowest BCUT2D eigenvalue weighted by Crippen LogP contribution is -2.21. The van der Waals surface area contributed by atoms with Gasteiger partial charge in [-0.25, -0.2) is 22.0 Å². The molecule has 2 aromatic carbocycles. The van der Waals surface area contributed by atoms with Crippen LogP contribution in [0.25, 0.3) is 0 Å². The van der Waals surface area contributed by atoms with Crippen molar-refractivity contribution in [1.29, 1.82) is 0 Å². The fourth-order valence-corrected chi connectivity index (χ4v) is 5.39. The monoisotopic (exact) mass is 462 g/mol. The summed E-state index contributed by atoms with van der Waals surface area (Å²) in [6.45, 7) is -0.392. The first-order valence-corrected chi connectivity index (χ1v) is 13.2. The van der Waals surface area contributed by atoms with Crippen LogP contribution in [0.5, 0.6) is 0 Å². The molecule has 3 rings (SSSR count). The molecule has 1 aliphatic carbocycles. The molecule has 1 aliphatic rings. The van der Waals surface area contributed by atoms with Crippen molar-refractivity contribution in [2.45, 2.75) is 43.6 Å². The van der Waals surface area contributed by atoms with E-state index in [9.17, 15) is 21.9 Å². The van der Waals surface area contributed by atoms with Crippen molar-refractivity contribution in [3.8, 4) is 11.8 Å². The molecule has 0 saturated heterocycles. The zero-order valence-electron chi connectivity index (χ0n) is 17.0. The molecule has 9 heteroatoms. The minimum atomic E-state index is -4.17. The van der Waals surface area contributed by atoms with E-state index in [1.54, 1.807) is 0 Å². The van der Waals surface area contributed by atoms with Gasteiger partial charge in [-0.05, 0) is 54.7 Å². The smallest absolute Gasteiger partial charge is 0.240 e. The Labute approximate surface area is 183 Å². The van der Waals surface area contributed by atoms with E-state index < -0.39 is 26.7 Å². The van der Waals surface area contributed by atoms with Gasteiger partial charge in [0.1, 0.15) is 4.90 Å². The number of anilines is 1. The first-order valence-electron chi connectivity index (χ1n) is 10.0. The van der Waals surface area contributed by atoms with Crippen LogP contribution < -0.4 is 9.86 Å². The summed E-state index contributed by atoms with van der Waals surface area (Å²) in [5, 5.41) is 14.4. The second kappa shape index (κ2) is 9.83. The van der Waals surface area contributed by atoms with E-state index in [0.29, 0.717) is 11.5 Å². The largest absolute Gasteiger partial charge is 0.392 e. The second-order valence-corrected chi connectivity index (χ2v) is 11.0. The molecule has 0 unspecified atom stereocenters. The predicted octanol–water partition coefficient (Wildman–Crippen LogP) is 2.35. The van der Waals surface area contributed by atoms with Crippen LogP contribution in [0.4, 0.5) is 5.69 Å². The Morgan fingerprint density at radius 2 is 1.65 bits per heavy atom. The molecule has 0 aliphatic heterocycles. The van der Waals surface area contributed by atoms with Crippen LogP contribution in [-0.4, -0.2) is 27.7 Å². The molecule has 166 valence electrons. The highest BCUT2D eigenvalue weighted by Crippen LogP contribution is 2.24. The van der Waals surface area contributed by atoms with Crippen LogP contribution in [0.15, 0.2) is 47.4 Å². The summed E-state index contributed by atoms with van der Waals surface area (Å²) < 4.78 is 50.9. The van der Waals surface area contributed by atoms with Gasteiger partial charge in [-0.3, -0.25) is 4.72 Å². The minimum Gasteiger partial charge on any atom is -0.392 e. The maximum Gasteiger partial charge on any atom is 0.240 e. The van der Waals surface area contributed by atoms with Gasteiger partial charge in [0.25, 0.3) is 0 Å². The topological polar surface area (TPSA) is 127 Å². The van der Waals surface area contributed by atoms with E-state index in [-0.39, 0.29) is 22.8 Å². The third-order valence-corrected chi connectivity index (χ3v) is 7.41. The number of aliphatic hydroxyl groups excluding tert-OH is 1. The summed E-state index contributed by atoms with van der Waals surface area (Å²) in [6.07, 6.45) is 5.05. The van der Waals surface area contributed by atoms with Gasteiger partial charge in [0.15, 0.2) is 0 Å². The van der Waals surface area contributed by atoms with Crippen molar-refractivity contribution < 1.29 is 21.9 Å². The zero-order valence-corrected chi connectivity index (χ0v) is 18.7. The standard InChI is InChI=1S/C22H26N2O5S2/c23-31(28,29)22-15-20(16-25)11-12-21(22)24-30(26,27)14-13-19-9-7-18(8-10-19)6-5-17-3-1-2-4-17/h7-12,15,17,24-25H,1-4,13-14,16H2,(H2,23,28,29). The number of nitrogens with two attached hydrogens (primary N) is 1. The van der Waals surface area contributed by atoms with Crippen molar-refractivity contribution in [3.63, 3.8) is 0 Å². The van der Waals surface area contributed by atoms with E-state index >= 15 is 0 Å². The number of aliphatic hydroxyl groups is 1. The molecule has 0 radical (unpaired) electrons. The molecule has 0 bridgehead atoms. The maximum absolute atomic E-state index is 12.5. The highest BCUT2D eigenvalue weighted by molar-refractivity contribution is 7.93. The summed E-state index contributed by atoms with van der Waals surface area (Å²) in [5.41, 5.74) is 1.90. The normalized spacial score (nSPS) is 14.8. The Hall–Kier alpha value is -2.38. The molecule has 1 fully saturated rings. The number of hydrogen-bond acceptors (Lipinski definition) is 5. The first kappa shape index (κ1) is 23.3. The van der Waals surface area contributed by atoms with Gasteiger partial charge in [-0.15, -0.1) is 0 Å². The number of hydrogen-bond donors (Lipinski definition) is 3. The molecule has 1 saturated carbocycles. The van der Waals surface area contributed by atoms with E-state index in [1.807, 2.05) is 24.3 Å². The third-order valence-electron chi connectivity index (χ3n) is 5.19. The molecular weight excluding hydrogens is 436 g/mol. The van der Waals surface area contributed by atoms with Crippen molar-refractivity contribution in [1.82, 2.24) is 0 Å². The summed E-state index contributed by atoms with van der Waals surface area (Å²) in [7, 11) is -8.00. The van der Waals surface area contributed by atoms with Crippen LogP contribution in [0.3, 0.4) is 0 Å². The molecule has 0 heterocycles. The van der Waals surface area contributed by atoms with Gasteiger partial charge in [-0.2, -0.15) is 0 Å². The van der Waals surface area contributed by atoms with Crippen molar-refractivity contribution >= 4 is 25.7 Å². The van der Waals surface area contributed by atoms with Gasteiger partial charge >= 0.3 is 0 Å². The van der Waals surface area contributed by atoms with Crippen LogP contribution in [0, 0.1) is 17.8 Å². The van der Waals surface area contributed by atoms with Crippen molar-refractivity contribution in [2.24, 2.45) is 11.1 Å². The van der Waals surface area contributed by atoms with Crippen molar-refractivity contribution in [3.05, 3.63) is 59.2 Å². The molecular formula is C22H26N2O5S2. The van der Waals surface area contributed by atoms with E-state index in [4.69, 9.17) is 5.14 Å². The van der Waals surface area contributed by atoms with E-state index in [1.165, 1.54) is 25.0 Å². The lowest BCUT2D eigenvalue weighted by molar-refractivity contribution is 0.281. The van der Waals surface area contributed by atoms with Gasteiger partial charge in [0, 0.05) is 11.5 Å². The summed E-state index contributed by atoms with van der Waals surface area (Å²) in [6, 6.07) is 11.3. The Balaban J connectivity index is 1.65. The molecule has 0 spiro atoms. The van der Waals surface area contributed by atoms with Crippen LogP contribution in [-0.2, 0) is 33.1 Å². The maximum atomic E-state index is 12.5. The highest BCUT2D eigenvalue weighted by Gasteiger charge is 2.19. The Morgan fingerprint density at radius 1 is 1.00 bits per heavy atom. The SMILES string of the molecule is NS(=O)(=O)c1cc(CO)ccc1NS(=O)(=O)CCc1ccc(C#CC2CCCC2)cc1. The van der Waals surface area contributed by atoms with E-state index in [2.05, 4.69) is 16.6 Å². The first-order chi connectivity index (χ1) is 14.7. The van der Waals surface area contributed by atoms with Gasteiger partial charge in [-0.1, -0.05) is 42.9 Å². The van der Waals surface area contributed by atoms with Crippen LogP contribution in [0.2, 0.25) is 0 Å². The number of primary sulfonamides is 1. The lowest BCUT2D eigenvalue weighted by atomic mass is 10.1. The Bertz CT molecular complexity index is 1190. The summed E-state index contributed by atoms with van der Waals surface area (Å²) in [4.78, 5) is -0.382. The minimum absolute atomic E-state index is 0.141. The number of benzene rings is 2. The molecule has 7 nitrogen and oxygen atoms in total. The molecule has 0 amide bonds. The number of aryl methyl sites for hydroxylation is 1. The molecule has 0 aromatic heterocycles. The fraction of sp³-hybridized carbons (Fsp3) is 0.364. The highest BCUT2D eigenvalue weighted by atomic mass is 32.2. The average molecular weight is 463 g/mol. The quantitative estimate of drug-likeness (QED) is 0.545. The number of sulfonamides is 2. The summed E-state index contributed by atoms with van der Waals surface area (Å²) in [5.74, 6) is 6.72. The van der Waals surface area contributed by atoms with E-state index in [0.717, 1.165) is 30.0 Å². The van der Waals surface area contributed by atoms with Gasteiger partial charge in [0.05, 0.1) is 18.0 Å². The molecule has 2 aromatic rings. The lowest BCUT2D eigenvalue weighted by Gasteiger charge is -2.12. The van der Waals surface area contributed by atoms with Gasteiger partial charge in [0.2, 0.25) is 20.0 Å². The molecule has 0 atom stereocenters. The van der Waals surface area contributed by atoms with Gasteiger partial charge < -0.3 is 5.11 Å². The van der Waals surface area contributed by atoms with Crippen molar-refractivity contribution in [2.75, 3.05) is 10.5 Å².